The van der Waals surface area contributed by atoms with Gasteiger partial charge in [0.05, 0.1) is 8.07 Å². The van der Waals surface area contributed by atoms with Crippen molar-refractivity contribution in [3.05, 3.63) is 29.8 Å². The van der Waals surface area contributed by atoms with E-state index in [1.165, 1.54) is 44.3 Å². The molecule has 1 fully saturated rings. The van der Waals surface area contributed by atoms with Gasteiger partial charge in [0.2, 0.25) is 0 Å². The summed E-state index contributed by atoms with van der Waals surface area (Å²) in [6, 6.07) is 9.45. The lowest BCUT2D eigenvalue weighted by molar-refractivity contribution is 0.0909. The summed E-state index contributed by atoms with van der Waals surface area (Å²) in [5.74, 6) is 0. The second kappa shape index (κ2) is 6.66. The third-order valence-electron chi connectivity index (χ3n) is 5.64. The molecule has 1 nitrogen and oxygen atoms in total. The molecule has 0 amide bonds. The first kappa shape index (κ1) is 16.8. The predicted octanol–water partition coefficient (Wildman–Crippen LogP) is 4.63. The fourth-order valence-corrected chi connectivity index (χ4v) is 4.68. The van der Waals surface area contributed by atoms with Crippen LogP contribution < -0.4 is 5.19 Å². The van der Waals surface area contributed by atoms with Gasteiger partial charge in [-0.1, -0.05) is 75.8 Å². The molecule has 1 saturated heterocycles. The van der Waals surface area contributed by atoms with Gasteiger partial charge < -0.3 is 0 Å². The molecule has 0 atom stereocenters. The van der Waals surface area contributed by atoms with Gasteiger partial charge in [0.15, 0.2) is 0 Å². The van der Waals surface area contributed by atoms with Gasteiger partial charge in [-0.25, -0.2) is 0 Å². The van der Waals surface area contributed by atoms with Crippen molar-refractivity contribution in [2.75, 3.05) is 13.1 Å². The Morgan fingerprint density at radius 2 is 1.48 bits per heavy atom. The molecule has 0 spiro atoms. The molecule has 1 aliphatic rings. The van der Waals surface area contributed by atoms with E-state index in [4.69, 9.17) is 0 Å². The van der Waals surface area contributed by atoms with Gasteiger partial charge >= 0.3 is 0 Å². The van der Waals surface area contributed by atoms with Crippen LogP contribution >= 0.6 is 0 Å². The average molecular weight is 304 g/mol. The number of benzene rings is 1. The van der Waals surface area contributed by atoms with Crippen molar-refractivity contribution < 1.29 is 0 Å². The summed E-state index contributed by atoms with van der Waals surface area (Å²) < 4.78 is 0. The van der Waals surface area contributed by atoms with Gasteiger partial charge in [-0.2, -0.15) is 0 Å². The molecule has 1 heterocycles. The summed E-state index contributed by atoms with van der Waals surface area (Å²) in [5, 5.41) is 1.57. The average Bonchev–Trinajstić information content (AvgIpc) is 2.48. The van der Waals surface area contributed by atoms with E-state index >= 15 is 0 Å². The summed E-state index contributed by atoms with van der Waals surface area (Å²) in [7, 11) is -1.15. The Labute approximate surface area is 132 Å². The zero-order chi connectivity index (χ0) is 15.5. The van der Waals surface area contributed by atoms with Crippen molar-refractivity contribution in [3.8, 4) is 0 Å². The molecule has 1 aromatic carbocycles. The van der Waals surface area contributed by atoms with Gasteiger partial charge in [-0.15, -0.1) is 0 Å². The van der Waals surface area contributed by atoms with E-state index in [9.17, 15) is 0 Å². The summed E-state index contributed by atoms with van der Waals surface area (Å²) in [5.41, 5.74) is 2.12. The highest BCUT2D eigenvalue weighted by Crippen LogP contribution is 2.38. The maximum Gasteiger partial charge on any atom is 0.0775 e. The Morgan fingerprint density at radius 1 is 0.952 bits per heavy atom. The third-order valence-corrected chi connectivity index (χ3v) is 7.71. The molecule has 0 saturated carbocycles. The smallest absolute Gasteiger partial charge is 0.0775 e. The van der Waals surface area contributed by atoms with E-state index in [1.807, 2.05) is 0 Å². The van der Waals surface area contributed by atoms with Gasteiger partial charge in [0.25, 0.3) is 0 Å². The molecule has 1 aliphatic heterocycles. The van der Waals surface area contributed by atoms with Crippen LogP contribution in [0.5, 0.6) is 0 Å². The van der Waals surface area contributed by atoms with E-state index in [0.29, 0.717) is 5.41 Å². The topological polar surface area (TPSA) is 3.24 Å². The number of piperidine rings is 1. The molecule has 0 bridgehead atoms. The van der Waals surface area contributed by atoms with E-state index < -0.39 is 8.07 Å². The summed E-state index contributed by atoms with van der Waals surface area (Å²) >= 11 is 0. The Hall–Kier alpha value is -0.603. The highest BCUT2D eigenvalue weighted by molar-refractivity contribution is 6.88. The van der Waals surface area contributed by atoms with Crippen LogP contribution in [0.4, 0.5) is 0 Å². The quantitative estimate of drug-likeness (QED) is 0.717. The van der Waals surface area contributed by atoms with Crippen LogP contribution in [-0.4, -0.2) is 26.1 Å². The second-order valence-corrected chi connectivity index (χ2v) is 13.0. The summed E-state index contributed by atoms with van der Waals surface area (Å²) in [4.78, 5) is 2.65. The minimum atomic E-state index is -1.15. The van der Waals surface area contributed by atoms with Crippen LogP contribution in [0.3, 0.4) is 0 Å². The Kier molecular flexibility index (Phi) is 5.32. The zero-order valence-electron chi connectivity index (χ0n) is 14.7. The van der Waals surface area contributed by atoms with Gasteiger partial charge in [0.1, 0.15) is 0 Å². The standard InChI is InChI=1S/C19H33NSi/c1-6-19(7-2)12-14-20(15-13-19)16-17-8-10-18(11-9-17)21(3,4)5/h8-11H,6-7,12-16H2,1-5H3. The van der Waals surface area contributed by atoms with Crippen molar-refractivity contribution in [2.45, 2.75) is 65.7 Å². The van der Waals surface area contributed by atoms with E-state index in [-0.39, 0.29) is 0 Å². The fourth-order valence-electron chi connectivity index (χ4n) is 3.51. The Bertz CT molecular complexity index is 430. The third kappa shape index (κ3) is 4.20. The molecular weight excluding hydrogens is 270 g/mol. The predicted molar refractivity (Wildman–Crippen MR) is 96.9 cm³/mol. The highest BCUT2D eigenvalue weighted by Gasteiger charge is 2.31. The van der Waals surface area contributed by atoms with Crippen LogP contribution in [0.2, 0.25) is 19.6 Å². The van der Waals surface area contributed by atoms with Gasteiger partial charge in [0, 0.05) is 6.54 Å². The molecule has 0 unspecified atom stereocenters. The normalized spacial score (nSPS) is 19.7. The molecule has 1 aromatic rings. The minimum Gasteiger partial charge on any atom is -0.299 e. The van der Waals surface area contributed by atoms with Gasteiger partial charge in [-0.05, 0) is 36.9 Å². The van der Waals surface area contributed by atoms with Crippen molar-refractivity contribution in [1.29, 1.82) is 0 Å². The largest absolute Gasteiger partial charge is 0.299 e. The Morgan fingerprint density at radius 3 is 1.90 bits per heavy atom. The molecule has 0 radical (unpaired) electrons. The first-order valence-corrected chi connectivity index (χ1v) is 12.2. The van der Waals surface area contributed by atoms with Crippen molar-refractivity contribution in [1.82, 2.24) is 4.90 Å². The molecular formula is C19H33NSi. The number of hydrogen-bond acceptors (Lipinski definition) is 1. The lowest BCUT2D eigenvalue weighted by Crippen LogP contribution is -2.39. The van der Waals surface area contributed by atoms with E-state index in [2.05, 4.69) is 62.7 Å². The fraction of sp³-hybridized carbons (Fsp3) is 0.684. The summed E-state index contributed by atoms with van der Waals surface area (Å²) in [6.45, 7) is 15.7. The van der Waals surface area contributed by atoms with Crippen LogP contribution in [0, 0.1) is 5.41 Å². The molecule has 21 heavy (non-hydrogen) atoms. The number of rotatable bonds is 5. The highest BCUT2D eigenvalue weighted by atomic mass is 28.3. The first-order chi connectivity index (χ1) is 9.88. The molecule has 2 rings (SSSR count). The Balaban J connectivity index is 1.92. The van der Waals surface area contributed by atoms with Crippen molar-refractivity contribution in [2.24, 2.45) is 5.41 Å². The van der Waals surface area contributed by atoms with E-state index in [1.54, 1.807) is 5.19 Å². The second-order valence-electron chi connectivity index (χ2n) is 7.93. The SMILES string of the molecule is CCC1(CC)CCN(Cc2ccc([Si](C)(C)C)cc2)CC1. The maximum absolute atomic E-state index is 2.65. The van der Waals surface area contributed by atoms with Crippen molar-refractivity contribution in [3.63, 3.8) is 0 Å². The van der Waals surface area contributed by atoms with Crippen LogP contribution in [0.25, 0.3) is 0 Å². The minimum absolute atomic E-state index is 0.637. The van der Waals surface area contributed by atoms with Crippen molar-refractivity contribution >= 4 is 13.3 Å². The molecule has 2 heteroatoms. The van der Waals surface area contributed by atoms with Gasteiger partial charge in [-0.3, -0.25) is 4.90 Å². The van der Waals surface area contributed by atoms with Crippen LogP contribution in [0.15, 0.2) is 24.3 Å². The number of nitrogens with zero attached hydrogens (tertiary/aromatic N) is 1. The van der Waals surface area contributed by atoms with Crippen LogP contribution in [-0.2, 0) is 6.54 Å². The molecule has 0 aromatic heterocycles. The molecule has 0 aliphatic carbocycles. The lowest BCUT2D eigenvalue weighted by atomic mass is 9.74. The first-order valence-electron chi connectivity index (χ1n) is 8.70. The lowest BCUT2D eigenvalue weighted by Gasteiger charge is -2.41. The number of hydrogen-bond donors (Lipinski definition) is 0. The molecule has 118 valence electrons. The maximum atomic E-state index is 2.65. The van der Waals surface area contributed by atoms with Crippen LogP contribution in [0.1, 0.15) is 45.1 Å². The van der Waals surface area contributed by atoms with E-state index in [0.717, 1.165) is 6.54 Å². The monoisotopic (exact) mass is 303 g/mol. The number of likely N-dealkylation sites (tertiary alicyclic amines) is 1. The molecule has 0 N–H and O–H groups in total. The zero-order valence-corrected chi connectivity index (χ0v) is 15.7. The summed E-state index contributed by atoms with van der Waals surface area (Å²) in [6.07, 6.45) is 5.46.